The maximum Gasteiger partial charge on any atom is 0.397 e. The van der Waals surface area contributed by atoms with Gasteiger partial charge in [0.05, 0.1) is 12.2 Å². The summed E-state index contributed by atoms with van der Waals surface area (Å²) in [6, 6.07) is 0. The maximum absolute atomic E-state index is 11.5. The molecule has 0 bridgehead atoms. The Kier molecular flexibility index (Phi) is 11.2. The summed E-state index contributed by atoms with van der Waals surface area (Å²) in [5, 5.41) is 10.4. The Labute approximate surface area is 232 Å². The molecule has 0 radical (unpaired) electrons. The van der Waals surface area contributed by atoms with Crippen molar-refractivity contribution in [3.05, 3.63) is 0 Å². The minimum Gasteiger partial charge on any atom is -0.366 e. The quantitative estimate of drug-likeness (QED) is 0.104. The summed E-state index contributed by atoms with van der Waals surface area (Å²) in [5.41, 5.74) is 0. The van der Waals surface area contributed by atoms with Gasteiger partial charge in [-0.2, -0.15) is 42.1 Å². The zero-order valence-corrected chi connectivity index (χ0v) is 23.9. The molecule has 29 heteroatoms. The smallest absolute Gasteiger partial charge is 0.366 e. The van der Waals surface area contributed by atoms with E-state index in [1.165, 1.54) is 0 Å². The van der Waals surface area contributed by atoms with Gasteiger partial charge in [-0.15, -0.1) is 0 Å². The van der Waals surface area contributed by atoms with E-state index in [0.29, 0.717) is 0 Å². The molecule has 2 aliphatic rings. The fourth-order valence-electron chi connectivity index (χ4n) is 3.66. The zero-order chi connectivity index (χ0) is 31.9. The molecule has 0 spiro atoms. The lowest BCUT2D eigenvalue weighted by atomic mass is 9.98. The van der Waals surface area contributed by atoms with Gasteiger partial charge in [-0.05, 0) is 13.8 Å². The van der Waals surface area contributed by atoms with Crippen LogP contribution in [0.4, 0.5) is 0 Å². The summed E-state index contributed by atoms with van der Waals surface area (Å²) < 4.78 is 196. The third-order valence-electron chi connectivity index (χ3n) is 4.93. The Morgan fingerprint density at radius 3 is 1.12 bits per heavy atom. The highest BCUT2D eigenvalue weighted by molar-refractivity contribution is 7.81. The third-order valence-corrected chi connectivity index (χ3v) is 7.25. The van der Waals surface area contributed by atoms with Crippen molar-refractivity contribution >= 4 is 52.0 Å². The summed E-state index contributed by atoms with van der Waals surface area (Å²) in [4.78, 5) is 0. The summed E-state index contributed by atoms with van der Waals surface area (Å²) in [6.07, 6.45) is -24.0. The Morgan fingerprint density at radius 2 is 0.756 bits per heavy atom. The van der Waals surface area contributed by atoms with Crippen LogP contribution >= 0.6 is 0 Å². The first kappa shape index (κ1) is 36.4. The molecule has 6 N–H and O–H groups in total. The van der Waals surface area contributed by atoms with E-state index in [1.54, 1.807) is 0 Å². The summed E-state index contributed by atoms with van der Waals surface area (Å²) in [5.74, 6) is 0. The van der Waals surface area contributed by atoms with Gasteiger partial charge in [-0.25, -0.2) is 20.9 Å². The highest BCUT2D eigenvalue weighted by Gasteiger charge is 2.56. The van der Waals surface area contributed by atoms with E-state index < -0.39 is 113 Å². The number of hydrogen-bond donors (Lipinski definition) is 6. The van der Waals surface area contributed by atoms with Crippen LogP contribution in [0.1, 0.15) is 13.8 Å². The van der Waals surface area contributed by atoms with Gasteiger partial charge in [0.2, 0.25) is 0 Å². The molecule has 24 nitrogen and oxygen atoms in total. The van der Waals surface area contributed by atoms with Crippen molar-refractivity contribution in [2.24, 2.45) is 0 Å². The SMILES string of the molecule is C[C@@H]1O[C@@H](O)[C@@H](O[C@@H]2O[C@@H](C)[C@@H](OS(=O)(=O)O)[C@@H](OS(=O)(=O)O)[C@@H]2OS(=O)(=O)O)[C@H](OS(=O)(=O)O)[C@@H]1OS(=O)(=O)O. The van der Waals surface area contributed by atoms with Crippen molar-refractivity contribution in [1.82, 2.24) is 0 Å². The molecular weight excluding hydrogens is 688 g/mol. The van der Waals surface area contributed by atoms with Gasteiger partial charge < -0.3 is 19.3 Å². The average molecular weight is 711 g/mol. The lowest BCUT2D eigenvalue weighted by molar-refractivity contribution is -0.346. The standard InChI is InChI=1S/C12H22O24S5/c1-3-5(32-37(14,15)16)7(34-39(20,21)22)9(11(13)29-3)31-12-10(36-41(26,27)28)8(35-40(23,24)25)6(4(2)30-12)33-38(17,18)19/h3-13H,1-2H3,(H,14,15,16)(H,17,18,19)(H,20,21,22)(H,23,24,25)(H,26,27,28)/t3-,4-,5+,6+,7+,8+,9-,10-,11+,12-/m0/s1. The van der Waals surface area contributed by atoms with Gasteiger partial charge in [0, 0.05) is 0 Å². The zero-order valence-electron chi connectivity index (χ0n) is 19.8. The lowest BCUT2D eigenvalue weighted by Crippen LogP contribution is -2.65. The second-order valence-electron chi connectivity index (χ2n) is 7.98. The molecule has 2 saturated heterocycles. The molecule has 0 aromatic carbocycles. The Bertz CT molecular complexity index is 1470. The molecule has 2 rings (SSSR count). The molecule has 0 amide bonds. The number of ether oxygens (including phenoxy) is 3. The van der Waals surface area contributed by atoms with Gasteiger partial charge in [0.15, 0.2) is 18.7 Å². The number of hydrogen-bond acceptors (Lipinski definition) is 19. The number of aliphatic hydroxyl groups excluding tert-OH is 1. The molecule has 2 aliphatic heterocycles. The Morgan fingerprint density at radius 1 is 0.463 bits per heavy atom. The predicted octanol–water partition coefficient (Wildman–Crippen LogP) is -4.21. The summed E-state index contributed by atoms with van der Waals surface area (Å²) in [7, 11) is -28.1. The van der Waals surface area contributed by atoms with Crippen LogP contribution in [0.25, 0.3) is 0 Å². The van der Waals surface area contributed by atoms with Gasteiger partial charge >= 0.3 is 52.0 Å². The van der Waals surface area contributed by atoms with E-state index in [1.807, 2.05) is 0 Å². The molecule has 2 heterocycles. The van der Waals surface area contributed by atoms with Crippen LogP contribution in [0.15, 0.2) is 0 Å². The van der Waals surface area contributed by atoms with E-state index in [0.717, 1.165) is 13.8 Å². The van der Waals surface area contributed by atoms with Crippen molar-refractivity contribution in [1.29, 1.82) is 0 Å². The molecule has 2 fully saturated rings. The fraction of sp³-hybridized carbons (Fsp3) is 1.00. The molecule has 10 atom stereocenters. The molecular formula is C12H22O24S5. The molecule has 0 unspecified atom stereocenters. The van der Waals surface area contributed by atoms with E-state index in [9.17, 15) is 51.7 Å². The van der Waals surface area contributed by atoms with Crippen LogP contribution in [-0.2, 0) is 87.1 Å². The van der Waals surface area contributed by atoms with Gasteiger partial charge in [-0.3, -0.25) is 22.8 Å². The van der Waals surface area contributed by atoms with E-state index in [2.05, 4.69) is 20.9 Å². The predicted molar refractivity (Wildman–Crippen MR) is 118 cm³/mol. The molecule has 0 aromatic rings. The van der Waals surface area contributed by atoms with Crippen LogP contribution in [-0.4, -0.2) is 131 Å². The highest BCUT2D eigenvalue weighted by Crippen LogP contribution is 2.35. The van der Waals surface area contributed by atoms with Crippen molar-refractivity contribution in [3.63, 3.8) is 0 Å². The van der Waals surface area contributed by atoms with Crippen LogP contribution in [0.3, 0.4) is 0 Å². The number of aliphatic hydroxyl groups is 1. The third kappa shape index (κ3) is 11.7. The normalized spacial score (nSPS) is 36.2. The highest BCUT2D eigenvalue weighted by atomic mass is 32.3. The van der Waals surface area contributed by atoms with Crippen LogP contribution in [0.5, 0.6) is 0 Å². The Hall–Kier alpha value is -0.810. The van der Waals surface area contributed by atoms with E-state index in [-0.39, 0.29) is 0 Å². The molecule has 41 heavy (non-hydrogen) atoms. The first-order valence-electron chi connectivity index (χ1n) is 10.1. The molecule has 0 aromatic heterocycles. The van der Waals surface area contributed by atoms with Crippen LogP contribution in [0.2, 0.25) is 0 Å². The second-order valence-corrected chi connectivity index (χ2v) is 13.2. The maximum atomic E-state index is 11.5. The fourth-order valence-corrected chi connectivity index (χ4v) is 6.24. The minimum absolute atomic E-state index is 0.836. The topological polar surface area (TPSA) is 366 Å². The van der Waals surface area contributed by atoms with E-state index in [4.69, 9.17) is 32.4 Å². The number of rotatable bonds is 12. The van der Waals surface area contributed by atoms with Crippen LogP contribution in [0, 0.1) is 0 Å². The summed E-state index contributed by atoms with van der Waals surface area (Å²) in [6.45, 7) is 1.77. The minimum atomic E-state index is -5.75. The first-order chi connectivity index (χ1) is 18.2. The monoisotopic (exact) mass is 710 g/mol. The van der Waals surface area contributed by atoms with Crippen LogP contribution < -0.4 is 0 Å². The molecule has 244 valence electrons. The van der Waals surface area contributed by atoms with Crippen molar-refractivity contribution in [2.45, 2.75) is 75.3 Å². The van der Waals surface area contributed by atoms with Gasteiger partial charge in [0.1, 0.15) is 30.5 Å². The first-order valence-corrected chi connectivity index (χ1v) is 16.9. The molecule has 0 aliphatic carbocycles. The lowest BCUT2D eigenvalue weighted by Gasteiger charge is -2.46. The average Bonchev–Trinajstić information content (AvgIpc) is 2.69. The second kappa shape index (κ2) is 12.7. The van der Waals surface area contributed by atoms with Crippen molar-refractivity contribution in [3.8, 4) is 0 Å². The van der Waals surface area contributed by atoms with Crippen molar-refractivity contribution < 1.29 is 105 Å². The van der Waals surface area contributed by atoms with Crippen molar-refractivity contribution in [2.75, 3.05) is 0 Å². The Balaban J connectivity index is 2.65. The van der Waals surface area contributed by atoms with E-state index >= 15 is 0 Å². The van der Waals surface area contributed by atoms with Gasteiger partial charge in [0.25, 0.3) is 0 Å². The largest absolute Gasteiger partial charge is 0.397 e. The summed E-state index contributed by atoms with van der Waals surface area (Å²) >= 11 is 0. The molecule has 0 saturated carbocycles. The van der Waals surface area contributed by atoms with Gasteiger partial charge in [-0.1, -0.05) is 0 Å².